The fourth-order valence-electron chi connectivity index (χ4n) is 3.58. The number of rotatable bonds is 1. The van der Waals surface area contributed by atoms with E-state index in [4.69, 9.17) is 4.74 Å². The van der Waals surface area contributed by atoms with E-state index >= 15 is 0 Å². The molecule has 0 aromatic rings. The Balaban J connectivity index is 1.57. The zero-order valence-corrected chi connectivity index (χ0v) is 9.49. The Bertz CT molecular complexity index is 229. The van der Waals surface area contributed by atoms with Gasteiger partial charge < -0.3 is 4.74 Å². The standard InChI is InChI=1S/C12H21NO/c1-12(2,3)11-9-4-13(5-10(9)11)8-6-14-7-8/h8-11H,4-7H2,1-3H3/t9-,10?,11+/m1/s1. The van der Waals surface area contributed by atoms with Crippen LogP contribution in [0, 0.1) is 23.2 Å². The first-order chi connectivity index (χ1) is 6.57. The molecule has 0 aromatic heterocycles. The number of ether oxygens (including phenoxy) is 1. The van der Waals surface area contributed by atoms with Gasteiger partial charge in [-0.25, -0.2) is 0 Å². The van der Waals surface area contributed by atoms with Crippen molar-refractivity contribution in [1.29, 1.82) is 0 Å². The molecule has 2 aliphatic heterocycles. The normalized spacial score (nSPS) is 43.5. The summed E-state index contributed by atoms with van der Waals surface area (Å²) in [4.78, 5) is 2.65. The first kappa shape index (κ1) is 9.17. The van der Waals surface area contributed by atoms with Gasteiger partial charge in [0.05, 0.1) is 19.3 Å². The molecule has 2 saturated heterocycles. The monoisotopic (exact) mass is 195 g/mol. The molecule has 80 valence electrons. The van der Waals surface area contributed by atoms with E-state index in [1.54, 1.807) is 0 Å². The molecule has 0 bridgehead atoms. The van der Waals surface area contributed by atoms with Gasteiger partial charge in [-0.2, -0.15) is 0 Å². The lowest BCUT2D eigenvalue weighted by molar-refractivity contribution is -0.0630. The largest absolute Gasteiger partial charge is 0.378 e. The van der Waals surface area contributed by atoms with Crippen molar-refractivity contribution < 1.29 is 4.74 Å². The van der Waals surface area contributed by atoms with Crippen molar-refractivity contribution in [3.05, 3.63) is 0 Å². The summed E-state index contributed by atoms with van der Waals surface area (Å²) >= 11 is 0. The zero-order valence-electron chi connectivity index (χ0n) is 9.49. The van der Waals surface area contributed by atoms with E-state index in [1.807, 2.05) is 0 Å². The average Bonchev–Trinajstić information content (AvgIpc) is 2.46. The molecule has 0 spiro atoms. The zero-order chi connectivity index (χ0) is 9.92. The lowest BCUT2D eigenvalue weighted by Gasteiger charge is -2.36. The van der Waals surface area contributed by atoms with E-state index in [0.29, 0.717) is 5.41 Å². The third-order valence-electron chi connectivity index (χ3n) is 4.36. The summed E-state index contributed by atoms with van der Waals surface area (Å²) in [5.41, 5.74) is 0.539. The molecule has 1 unspecified atom stereocenters. The molecule has 1 saturated carbocycles. The van der Waals surface area contributed by atoms with Crippen LogP contribution in [-0.4, -0.2) is 37.2 Å². The summed E-state index contributed by atoms with van der Waals surface area (Å²) in [5, 5.41) is 0. The van der Waals surface area contributed by atoms with Crippen molar-refractivity contribution >= 4 is 0 Å². The van der Waals surface area contributed by atoms with Gasteiger partial charge >= 0.3 is 0 Å². The van der Waals surface area contributed by atoms with E-state index in [-0.39, 0.29) is 0 Å². The Morgan fingerprint density at radius 3 is 2.00 bits per heavy atom. The fourth-order valence-corrected chi connectivity index (χ4v) is 3.58. The molecule has 0 radical (unpaired) electrons. The SMILES string of the molecule is CC(C)(C)[C@@H]1C2CN(C3COC3)C[C@H]21. The van der Waals surface area contributed by atoms with Crippen LogP contribution in [-0.2, 0) is 4.74 Å². The highest BCUT2D eigenvalue weighted by molar-refractivity contribution is 5.10. The first-order valence-electron chi connectivity index (χ1n) is 5.89. The molecule has 2 heterocycles. The minimum Gasteiger partial charge on any atom is -0.378 e. The Kier molecular flexibility index (Phi) is 1.79. The smallest absolute Gasteiger partial charge is 0.0645 e. The third-order valence-corrected chi connectivity index (χ3v) is 4.36. The number of hydrogen-bond donors (Lipinski definition) is 0. The average molecular weight is 195 g/mol. The van der Waals surface area contributed by atoms with Gasteiger partial charge in [0.1, 0.15) is 0 Å². The van der Waals surface area contributed by atoms with Crippen LogP contribution in [0.3, 0.4) is 0 Å². The quantitative estimate of drug-likeness (QED) is 0.630. The van der Waals surface area contributed by atoms with E-state index in [0.717, 1.165) is 37.0 Å². The molecule has 3 rings (SSSR count). The fraction of sp³-hybridized carbons (Fsp3) is 1.00. The number of nitrogens with zero attached hydrogens (tertiary/aromatic N) is 1. The molecule has 0 amide bonds. The predicted molar refractivity (Wildman–Crippen MR) is 56.1 cm³/mol. The summed E-state index contributed by atoms with van der Waals surface area (Å²) in [6, 6.07) is 0.767. The lowest BCUT2D eigenvalue weighted by atomic mass is 9.87. The van der Waals surface area contributed by atoms with Crippen LogP contribution in [0.25, 0.3) is 0 Å². The summed E-state index contributed by atoms with van der Waals surface area (Å²) in [6.07, 6.45) is 0. The summed E-state index contributed by atoms with van der Waals surface area (Å²) in [6.45, 7) is 11.9. The minimum atomic E-state index is 0.539. The summed E-state index contributed by atoms with van der Waals surface area (Å²) in [7, 11) is 0. The van der Waals surface area contributed by atoms with Crippen molar-refractivity contribution in [3.63, 3.8) is 0 Å². The van der Waals surface area contributed by atoms with Gasteiger partial charge in [-0.15, -0.1) is 0 Å². The van der Waals surface area contributed by atoms with Gasteiger partial charge in [0, 0.05) is 13.1 Å². The lowest BCUT2D eigenvalue weighted by Crippen LogP contribution is -2.49. The van der Waals surface area contributed by atoms with Gasteiger partial charge in [0.2, 0.25) is 0 Å². The Hall–Kier alpha value is -0.0800. The van der Waals surface area contributed by atoms with Crippen molar-refractivity contribution in [3.8, 4) is 0 Å². The highest BCUT2D eigenvalue weighted by atomic mass is 16.5. The molecule has 3 fully saturated rings. The van der Waals surface area contributed by atoms with Crippen molar-refractivity contribution in [2.45, 2.75) is 26.8 Å². The van der Waals surface area contributed by atoms with Crippen LogP contribution in [0.15, 0.2) is 0 Å². The van der Waals surface area contributed by atoms with E-state index in [1.165, 1.54) is 13.1 Å². The third kappa shape index (κ3) is 1.24. The highest BCUT2D eigenvalue weighted by Gasteiger charge is 2.60. The van der Waals surface area contributed by atoms with Crippen LogP contribution in [0.5, 0.6) is 0 Å². The van der Waals surface area contributed by atoms with Crippen LogP contribution in [0.1, 0.15) is 20.8 Å². The van der Waals surface area contributed by atoms with Crippen molar-refractivity contribution in [2.24, 2.45) is 23.2 Å². The Morgan fingerprint density at radius 1 is 1.07 bits per heavy atom. The maximum Gasteiger partial charge on any atom is 0.0645 e. The van der Waals surface area contributed by atoms with Crippen molar-refractivity contribution in [1.82, 2.24) is 4.90 Å². The molecule has 2 nitrogen and oxygen atoms in total. The molecule has 2 heteroatoms. The second kappa shape index (κ2) is 2.73. The Morgan fingerprint density at radius 2 is 1.64 bits per heavy atom. The number of likely N-dealkylation sites (tertiary alicyclic amines) is 1. The topological polar surface area (TPSA) is 12.5 Å². The minimum absolute atomic E-state index is 0.539. The molecule has 14 heavy (non-hydrogen) atoms. The molecular weight excluding hydrogens is 174 g/mol. The summed E-state index contributed by atoms with van der Waals surface area (Å²) in [5.74, 6) is 3.02. The molecule has 0 N–H and O–H groups in total. The van der Waals surface area contributed by atoms with E-state index in [9.17, 15) is 0 Å². The van der Waals surface area contributed by atoms with Gasteiger partial charge in [-0.05, 0) is 23.2 Å². The predicted octanol–water partition coefficient (Wildman–Crippen LogP) is 1.61. The molecule has 0 aromatic carbocycles. The van der Waals surface area contributed by atoms with Crippen LogP contribution in [0.4, 0.5) is 0 Å². The van der Waals surface area contributed by atoms with Crippen LogP contribution in [0.2, 0.25) is 0 Å². The van der Waals surface area contributed by atoms with Gasteiger partial charge in [0.25, 0.3) is 0 Å². The highest BCUT2D eigenvalue weighted by Crippen LogP contribution is 2.60. The molecule has 3 atom stereocenters. The molecule has 3 aliphatic rings. The van der Waals surface area contributed by atoms with Gasteiger partial charge in [-0.1, -0.05) is 20.8 Å². The Labute approximate surface area is 86.6 Å². The second-order valence-electron chi connectivity index (χ2n) is 6.36. The van der Waals surface area contributed by atoms with Gasteiger partial charge in [0.15, 0.2) is 0 Å². The molecular formula is C12H21NO. The van der Waals surface area contributed by atoms with E-state index in [2.05, 4.69) is 25.7 Å². The molecule has 1 aliphatic carbocycles. The second-order valence-corrected chi connectivity index (χ2v) is 6.36. The first-order valence-corrected chi connectivity index (χ1v) is 5.89. The summed E-state index contributed by atoms with van der Waals surface area (Å²) < 4.78 is 5.25. The van der Waals surface area contributed by atoms with E-state index < -0.39 is 0 Å². The van der Waals surface area contributed by atoms with Crippen LogP contribution < -0.4 is 0 Å². The number of fused-ring (bicyclic) bond motifs is 1. The maximum atomic E-state index is 5.25. The number of piperidine rings is 1. The van der Waals surface area contributed by atoms with Crippen LogP contribution >= 0.6 is 0 Å². The van der Waals surface area contributed by atoms with Gasteiger partial charge in [-0.3, -0.25) is 4.90 Å². The maximum absolute atomic E-state index is 5.25. The van der Waals surface area contributed by atoms with Crippen molar-refractivity contribution in [2.75, 3.05) is 26.3 Å². The number of hydrogen-bond acceptors (Lipinski definition) is 2.